The van der Waals surface area contributed by atoms with Gasteiger partial charge in [-0.1, -0.05) is 42.5 Å². The Morgan fingerprint density at radius 3 is 2.31 bits per heavy atom. The third-order valence-corrected chi connectivity index (χ3v) is 5.96. The van der Waals surface area contributed by atoms with Crippen LogP contribution in [-0.4, -0.2) is 66.8 Å². The lowest BCUT2D eigenvalue weighted by atomic mass is 10.1. The molecule has 170 valence electrons. The number of fused-ring (bicyclic) bond motifs is 1. The van der Waals surface area contributed by atoms with Gasteiger partial charge in [-0.05, 0) is 37.1 Å². The van der Waals surface area contributed by atoms with Crippen LogP contribution in [0, 0.1) is 0 Å². The minimum Gasteiger partial charge on any atom is -0.355 e. The molecular weight excluding hydrogens is 517 g/mol. The molecule has 2 amide bonds. The van der Waals surface area contributed by atoms with E-state index in [2.05, 4.69) is 44.8 Å². The number of likely N-dealkylation sites (tertiary alicyclic amines) is 1. The zero-order valence-electron chi connectivity index (χ0n) is 18.3. The first-order valence-electron chi connectivity index (χ1n) is 10.8. The molecule has 1 saturated heterocycles. The Bertz CT molecular complexity index is 931. The highest BCUT2D eigenvalue weighted by atomic mass is 127. The molecule has 0 radical (unpaired) electrons. The predicted molar refractivity (Wildman–Crippen MR) is 136 cm³/mol. The number of halogens is 1. The molecule has 2 aromatic rings. The van der Waals surface area contributed by atoms with Gasteiger partial charge >= 0.3 is 0 Å². The topological polar surface area (TPSA) is 77.0 Å². The van der Waals surface area contributed by atoms with Crippen LogP contribution in [0.1, 0.15) is 39.1 Å². The number of imide groups is 1. The Hall–Kier alpha value is -2.46. The number of hydrogen-bond donors (Lipinski definition) is 2. The number of nitrogens with one attached hydrogen (secondary N) is 2. The summed E-state index contributed by atoms with van der Waals surface area (Å²) in [6.45, 7) is 3.62. The average molecular weight is 547 g/mol. The second kappa shape index (κ2) is 11.4. The fraction of sp³-hybridized carbons (Fsp3) is 0.375. The third-order valence-electron chi connectivity index (χ3n) is 5.96. The van der Waals surface area contributed by atoms with Crippen LogP contribution in [0.25, 0.3) is 0 Å². The smallest absolute Gasteiger partial charge is 0.261 e. The van der Waals surface area contributed by atoms with E-state index in [4.69, 9.17) is 0 Å². The minimum atomic E-state index is -0.229. The molecule has 2 aliphatic rings. The number of aliphatic imine (C=N–C) groups is 1. The molecular formula is C24H30IN5O2. The van der Waals surface area contributed by atoms with Gasteiger partial charge in [0.2, 0.25) is 0 Å². The number of benzene rings is 2. The zero-order valence-corrected chi connectivity index (χ0v) is 20.6. The van der Waals surface area contributed by atoms with E-state index in [0.717, 1.165) is 26.1 Å². The molecule has 2 aliphatic heterocycles. The number of nitrogens with zero attached hydrogens (tertiary/aromatic N) is 3. The van der Waals surface area contributed by atoms with Gasteiger partial charge in [0.1, 0.15) is 0 Å². The van der Waals surface area contributed by atoms with Crippen LogP contribution in [0.3, 0.4) is 0 Å². The average Bonchev–Trinajstić information content (AvgIpc) is 3.34. The highest BCUT2D eigenvalue weighted by Crippen LogP contribution is 2.22. The molecule has 2 N–H and O–H groups in total. The van der Waals surface area contributed by atoms with Crippen molar-refractivity contribution in [3.63, 3.8) is 0 Å². The summed E-state index contributed by atoms with van der Waals surface area (Å²) in [7, 11) is 1.73. The maximum Gasteiger partial charge on any atom is 0.261 e. The zero-order chi connectivity index (χ0) is 21.6. The first-order chi connectivity index (χ1) is 15.2. The van der Waals surface area contributed by atoms with Crippen molar-refractivity contribution >= 4 is 41.8 Å². The summed E-state index contributed by atoms with van der Waals surface area (Å²) in [6, 6.07) is 18.0. The third kappa shape index (κ3) is 5.47. The Kier molecular flexibility index (Phi) is 8.63. The van der Waals surface area contributed by atoms with Gasteiger partial charge in [-0.15, -0.1) is 24.0 Å². The molecule has 7 nitrogen and oxygen atoms in total. The number of hydrogen-bond acceptors (Lipinski definition) is 4. The quantitative estimate of drug-likeness (QED) is 0.242. The van der Waals surface area contributed by atoms with E-state index in [0.29, 0.717) is 36.2 Å². The number of carbonyl (C=O) groups is 2. The first-order valence-corrected chi connectivity index (χ1v) is 10.8. The van der Waals surface area contributed by atoms with Gasteiger partial charge < -0.3 is 10.6 Å². The molecule has 2 heterocycles. The Balaban J connectivity index is 0.00000289. The van der Waals surface area contributed by atoms with Gasteiger partial charge in [0.15, 0.2) is 5.96 Å². The van der Waals surface area contributed by atoms with Gasteiger partial charge in [-0.25, -0.2) is 0 Å². The summed E-state index contributed by atoms with van der Waals surface area (Å²) >= 11 is 0. The number of amides is 2. The molecule has 0 bridgehead atoms. The van der Waals surface area contributed by atoms with Crippen LogP contribution >= 0.6 is 24.0 Å². The van der Waals surface area contributed by atoms with Gasteiger partial charge in [-0.2, -0.15) is 0 Å². The minimum absolute atomic E-state index is 0. The van der Waals surface area contributed by atoms with Crippen molar-refractivity contribution in [1.82, 2.24) is 20.4 Å². The summed E-state index contributed by atoms with van der Waals surface area (Å²) in [6.07, 6.45) is 2.36. The monoisotopic (exact) mass is 547 g/mol. The van der Waals surface area contributed by atoms with E-state index in [1.807, 2.05) is 6.07 Å². The van der Waals surface area contributed by atoms with Crippen LogP contribution in [0.4, 0.5) is 0 Å². The maximum absolute atomic E-state index is 12.5. The van der Waals surface area contributed by atoms with E-state index in [-0.39, 0.29) is 35.8 Å². The molecule has 0 saturated carbocycles. The lowest BCUT2D eigenvalue weighted by Gasteiger charge is -2.25. The second-order valence-corrected chi connectivity index (χ2v) is 7.94. The standard InChI is InChI=1S/C24H29N5O2.HI/c1-25-24(26-13-15-29-22(30)20-11-5-6-12-21(20)23(29)31)27-16-19-10-7-14-28(19)17-18-8-3-2-4-9-18;/h2-6,8-9,11-12,19H,7,10,13-17H2,1H3,(H2,25,26,27);1H. The fourth-order valence-corrected chi connectivity index (χ4v) is 4.32. The van der Waals surface area contributed by atoms with Gasteiger partial charge in [0.05, 0.1) is 11.1 Å². The highest BCUT2D eigenvalue weighted by Gasteiger charge is 2.34. The second-order valence-electron chi connectivity index (χ2n) is 7.94. The Morgan fingerprint density at radius 1 is 1.00 bits per heavy atom. The van der Waals surface area contributed by atoms with Crippen LogP contribution in [0.5, 0.6) is 0 Å². The lowest BCUT2D eigenvalue weighted by molar-refractivity contribution is 0.0657. The van der Waals surface area contributed by atoms with E-state index in [1.54, 1.807) is 31.3 Å². The predicted octanol–water partition coefficient (Wildman–Crippen LogP) is 2.73. The first kappa shape index (κ1) is 24.2. The molecule has 32 heavy (non-hydrogen) atoms. The van der Waals surface area contributed by atoms with Crippen LogP contribution < -0.4 is 10.6 Å². The number of rotatable bonds is 7. The summed E-state index contributed by atoms with van der Waals surface area (Å²) < 4.78 is 0. The SMILES string of the molecule is CN=C(NCCN1C(=O)c2ccccc2C1=O)NCC1CCCN1Cc1ccccc1.I. The van der Waals surface area contributed by atoms with Crippen molar-refractivity contribution in [3.05, 3.63) is 71.3 Å². The molecule has 0 aliphatic carbocycles. The molecule has 1 atom stereocenters. The van der Waals surface area contributed by atoms with E-state index in [1.165, 1.54) is 16.9 Å². The van der Waals surface area contributed by atoms with E-state index >= 15 is 0 Å². The summed E-state index contributed by atoms with van der Waals surface area (Å²) in [5.74, 6) is 0.226. The summed E-state index contributed by atoms with van der Waals surface area (Å²) in [5, 5.41) is 6.63. The largest absolute Gasteiger partial charge is 0.355 e. The van der Waals surface area contributed by atoms with Crippen molar-refractivity contribution in [2.45, 2.75) is 25.4 Å². The van der Waals surface area contributed by atoms with E-state index in [9.17, 15) is 9.59 Å². The summed E-state index contributed by atoms with van der Waals surface area (Å²) in [5.41, 5.74) is 2.29. The molecule has 0 aromatic heterocycles. The summed E-state index contributed by atoms with van der Waals surface area (Å²) in [4.78, 5) is 33.0. The molecule has 1 fully saturated rings. The van der Waals surface area contributed by atoms with Gasteiger partial charge in [-0.3, -0.25) is 24.4 Å². The lowest BCUT2D eigenvalue weighted by Crippen LogP contribution is -2.46. The van der Waals surface area contributed by atoms with Crippen LogP contribution in [-0.2, 0) is 6.54 Å². The fourth-order valence-electron chi connectivity index (χ4n) is 4.32. The highest BCUT2D eigenvalue weighted by molar-refractivity contribution is 14.0. The normalized spacial score (nSPS) is 18.5. The number of guanidine groups is 1. The molecule has 0 spiro atoms. The molecule has 4 rings (SSSR count). The Labute approximate surface area is 206 Å². The van der Waals surface area contributed by atoms with Crippen molar-refractivity contribution in [3.8, 4) is 0 Å². The van der Waals surface area contributed by atoms with Crippen molar-refractivity contribution in [2.75, 3.05) is 33.2 Å². The number of carbonyl (C=O) groups excluding carboxylic acids is 2. The molecule has 1 unspecified atom stereocenters. The van der Waals surface area contributed by atoms with Crippen LogP contribution in [0.2, 0.25) is 0 Å². The maximum atomic E-state index is 12.5. The van der Waals surface area contributed by atoms with E-state index < -0.39 is 0 Å². The van der Waals surface area contributed by atoms with Gasteiger partial charge in [0.25, 0.3) is 11.8 Å². The molecule has 2 aromatic carbocycles. The van der Waals surface area contributed by atoms with Crippen molar-refractivity contribution < 1.29 is 9.59 Å². The molecule has 8 heteroatoms. The Morgan fingerprint density at radius 2 is 1.66 bits per heavy atom. The van der Waals surface area contributed by atoms with Crippen LogP contribution in [0.15, 0.2) is 59.6 Å². The van der Waals surface area contributed by atoms with Crippen molar-refractivity contribution in [2.24, 2.45) is 4.99 Å². The van der Waals surface area contributed by atoms with Gasteiger partial charge in [0, 0.05) is 39.3 Å². The van der Waals surface area contributed by atoms with Crippen molar-refractivity contribution in [1.29, 1.82) is 0 Å².